The van der Waals surface area contributed by atoms with Crippen molar-refractivity contribution in [2.45, 2.75) is 6.04 Å². The molecule has 0 aliphatic heterocycles. The molecule has 0 saturated carbocycles. The van der Waals surface area contributed by atoms with Gasteiger partial charge in [-0.15, -0.1) is 0 Å². The van der Waals surface area contributed by atoms with Crippen LogP contribution in [0.5, 0.6) is 0 Å². The fraction of sp³-hybridized carbons (Fsp3) is 0.294. The summed E-state index contributed by atoms with van der Waals surface area (Å²) >= 11 is 0. The van der Waals surface area contributed by atoms with Crippen LogP contribution in [0.15, 0.2) is 42.6 Å². The zero-order valence-electron chi connectivity index (χ0n) is 13.5. The lowest BCUT2D eigenvalue weighted by Gasteiger charge is -2.25. The summed E-state index contributed by atoms with van der Waals surface area (Å²) in [6.45, 7) is 0.541. The molecular formula is C17H21FN4O. The Morgan fingerprint density at radius 3 is 2.57 bits per heavy atom. The van der Waals surface area contributed by atoms with Gasteiger partial charge < -0.3 is 15.5 Å². The first-order valence-electron chi connectivity index (χ1n) is 7.35. The highest BCUT2D eigenvalue weighted by Gasteiger charge is 2.16. The SMILES string of the molecule is CNC(=O)c1cccnc1NCC(c1ccc(F)cc1)N(C)C. The molecular weight excluding hydrogens is 295 g/mol. The number of carbonyl (C=O) groups excluding carboxylic acids is 1. The summed E-state index contributed by atoms with van der Waals surface area (Å²) < 4.78 is 13.1. The van der Waals surface area contributed by atoms with Crippen LogP contribution in [0.4, 0.5) is 10.2 Å². The molecule has 1 unspecified atom stereocenters. The first kappa shape index (κ1) is 16.9. The summed E-state index contributed by atoms with van der Waals surface area (Å²) in [6, 6.07) is 9.88. The third-order valence-corrected chi connectivity index (χ3v) is 3.62. The van der Waals surface area contributed by atoms with Crippen molar-refractivity contribution in [2.75, 3.05) is 33.0 Å². The predicted molar refractivity (Wildman–Crippen MR) is 88.9 cm³/mol. The maximum atomic E-state index is 13.1. The number of rotatable bonds is 6. The molecule has 1 aromatic heterocycles. The molecule has 1 atom stereocenters. The van der Waals surface area contributed by atoms with Crippen molar-refractivity contribution in [3.05, 3.63) is 59.5 Å². The van der Waals surface area contributed by atoms with E-state index in [0.29, 0.717) is 17.9 Å². The molecule has 1 aromatic carbocycles. The van der Waals surface area contributed by atoms with Crippen molar-refractivity contribution >= 4 is 11.7 Å². The maximum Gasteiger partial charge on any atom is 0.254 e. The molecule has 2 aromatic rings. The number of nitrogens with zero attached hydrogens (tertiary/aromatic N) is 2. The zero-order chi connectivity index (χ0) is 16.8. The van der Waals surface area contributed by atoms with Gasteiger partial charge in [0.2, 0.25) is 0 Å². The Hall–Kier alpha value is -2.47. The number of nitrogens with one attached hydrogen (secondary N) is 2. The van der Waals surface area contributed by atoms with Crippen LogP contribution >= 0.6 is 0 Å². The molecule has 0 aliphatic rings. The van der Waals surface area contributed by atoms with Gasteiger partial charge in [0, 0.05) is 19.8 Å². The third-order valence-electron chi connectivity index (χ3n) is 3.62. The minimum atomic E-state index is -0.258. The van der Waals surface area contributed by atoms with Gasteiger partial charge in [-0.2, -0.15) is 0 Å². The first-order valence-corrected chi connectivity index (χ1v) is 7.35. The Morgan fingerprint density at radius 1 is 1.26 bits per heavy atom. The fourth-order valence-electron chi connectivity index (χ4n) is 2.34. The average molecular weight is 316 g/mol. The molecule has 0 radical (unpaired) electrons. The summed E-state index contributed by atoms with van der Waals surface area (Å²) in [5.41, 5.74) is 1.48. The van der Waals surface area contributed by atoms with Crippen LogP contribution in [0.1, 0.15) is 22.0 Å². The number of likely N-dealkylation sites (N-methyl/N-ethyl adjacent to an activating group) is 1. The smallest absolute Gasteiger partial charge is 0.254 e. The Morgan fingerprint density at radius 2 is 1.96 bits per heavy atom. The van der Waals surface area contributed by atoms with Gasteiger partial charge >= 0.3 is 0 Å². The number of carbonyl (C=O) groups is 1. The number of hydrogen-bond donors (Lipinski definition) is 2. The summed E-state index contributed by atoms with van der Waals surface area (Å²) in [6.07, 6.45) is 1.64. The van der Waals surface area contributed by atoms with Crippen LogP contribution in [0.25, 0.3) is 0 Å². The number of pyridine rings is 1. The van der Waals surface area contributed by atoms with E-state index in [1.165, 1.54) is 12.1 Å². The highest BCUT2D eigenvalue weighted by atomic mass is 19.1. The molecule has 1 amide bonds. The van der Waals surface area contributed by atoms with E-state index < -0.39 is 0 Å². The van der Waals surface area contributed by atoms with Crippen LogP contribution in [0.3, 0.4) is 0 Å². The third kappa shape index (κ3) is 4.26. The highest BCUT2D eigenvalue weighted by molar-refractivity contribution is 5.98. The lowest BCUT2D eigenvalue weighted by molar-refractivity contribution is 0.0963. The lowest BCUT2D eigenvalue weighted by atomic mass is 10.1. The molecule has 5 nitrogen and oxygen atoms in total. The first-order chi connectivity index (χ1) is 11.0. The number of halogens is 1. The molecule has 0 aliphatic carbocycles. The number of aromatic nitrogens is 1. The zero-order valence-corrected chi connectivity index (χ0v) is 13.5. The number of hydrogen-bond acceptors (Lipinski definition) is 4. The van der Waals surface area contributed by atoms with Crippen molar-refractivity contribution in [3.8, 4) is 0 Å². The maximum absolute atomic E-state index is 13.1. The van der Waals surface area contributed by atoms with Crippen molar-refractivity contribution in [2.24, 2.45) is 0 Å². The van der Waals surface area contributed by atoms with Crippen molar-refractivity contribution in [1.82, 2.24) is 15.2 Å². The summed E-state index contributed by atoms with van der Waals surface area (Å²) in [7, 11) is 5.49. The second kappa shape index (κ2) is 7.69. The van der Waals surface area contributed by atoms with E-state index in [1.807, 2.05) is 19.0 Å². The van der Waals surface area contributed by atoms with E-state index in [4.69, 9.17) is 0 Å². The molecule has 122 valence electrons. The summed E-state index contributed by atoms with van der Waals surface area (Å²) in [4.78, 5) is 18.1. The van der Waals surface area contributed by atoms with Crippen molar-refractivity contribution in [1.29, 1.82) is 0 Å². The Kier molecular flexibility index (Phi) is 5.65. The number of amides is 1. The van der Waals surface area contributed by atoms with Gasteiger partial charge in [-0.1, -0.05) is 12.1 Å². The Balaban J connectivity index is 2.17. The van der Waals surface area contributed by atoms with E-state index in [0.717, 1.165) is 5.56 Å². The predicted octanol–water partition coefficient (Wildman–Crippen LogP) is 2.30. The molecule has 0 spiro atoms. The van der Waals surface area contributed by atoms with E-state index in [9.17, 15) is 9.18 Å². The van der Waals surface area contributed by atoms with E-state index in [2.05, 4.69) is 15.6 Å². The normalized spacial score (nSPS) is 12.0. The van der Waals surface area contributed by atoms with Crippen LogP contribution in [-0.2, 0) is 0 Å². The second-order valence-corrected chi connectivity index (χ2v) is 5.39. The quantitative estimate of drug-likeness (QED) is 0.858. The van der Waals surface area contributed by atoms with Gasteiger partial charge in [-0.3, -0.25) is 4.79 Å². The Labute approximate surface area is 135 Å². The monoisotopic (exact) mass is 316 g/mol. The number of benzene rings is 1. The van der Waals surface area contributed by atoms with Gasteiger partial charge in [0.25, 0.3) is 5.91 Å². The lowest BCUT2D eigenvalue weighted by Crippen LogP contribution is -2.28. The fourth-order valence-corrected chi connectivity index (χ4v) is 2.34. The van der Waals surface area contributed by atoms with Crippen LogP contribution < -0.4 is 10.6 Å². The van der Waals surface area contributed by atoms with Crippen LogP contribution in [0, 0.1) is 5.82 Å². The standard InChI is InChI=1S/C17H21FN4O/c1-19-17(23)14-5-4-10-20-16(14)21-11-15(22(2)3)12-6-8-13(18)9-7-12/h4-10,15H,11H2,1-3H3,(H,19,23)(H,20,21). The van der Waals surface area contributed by atoms with E-state index >= 15 is 0 Å². The molecule has 0 fully saturated rings. The topological polar surface area (TPSA) is 57.3 Å². The van der Waals surface area contributed by atoms with Gasteiger partial charge in [0.15, 0.2) is 0 Å². The van der Waals surface area contributed by atoms with Gasteiger partial charge in [-0.25, -0.2) is 9.37 Å². The molecule has 0 bridgehead atoms. The summed E-state index contributed by atoms with van der Waals surface area (Å²) in [5.74, 6) is 0.0791. The highest BCUT2D eigenvalue weighted by Crippen LogP contribution is 2.20. The van der Waals surface area contributed by atoms with Crippen LogP contribution in [0.2, 0.25) is 0 Å². The average Bonchev–Trinajstić information content (AvgIpc) is 2.56. The van der Waals surface area contributed by atoms with Gasteiger partial charge in [0.1, 0.15) is 11.6 Å². The van der Waals surface area contributed by atoms with E-state index in [1.54, 1.807) is 37.5 Å². The second-order valence-electron chi connectivity index (χ2n) is 5.39. The van der Waals surface area contributed by atoms with E-state index in [-0.39, 0.29) is 17.8 Å². The molecule has 2 N–H and O–H groups in total. The molecule has 1 heterocycles. The van der Waals surface area contributed by atoms with Gasteiger partial charge in [-0.05, 0) is 43.9 Å². The van der Waals surface area contributed by atoms with Crippen LogP contribution in [-0.4, -0.2) is 43.5 Å². The minimum Gasteiger partial charge on any atom is -0.367 e. The molecule has 6 heteroatoms. The summed E-state index contributed by atoms with van der Waals surface area (Å²) in [5, 5.41) is 5.81. The van der Waals surface area contributed by atoms with Crippen molar-refractivity contribution < 1.29 is 9.18 Å². The molecule has 23 heavy (non-hydrogen) atoms. The minimum absolute atomic E-state index is 0.0233. The van der Waals surface area contributed by atoms with Gasteiger partial charge in [0.05, 0.1) is 11.6 Å². The van der Waals surface area contributed by atoms with Crippen molar-refractivity contribution in [3.63, 3.8) is 0 Å². The number of anilines is 1. The molecule has 0 saturated heterocycles. The molecule has 2 rings (SSSR count). The largest absolute Gasteiger partial charge is 0.367 e. The Bertz CT molecular complexity index is 658.